The molecule has 1 rings (SSSR count). The molecule has 0 spiro atoms. The highest BCUT2D eigenvalue weighted by Gasteiger charge is 2.09. The molecule has 0 aromatic heterocycles. The summed E-state index contributed by atoms with van der Waals surface area (Å²) in [6.07, 6.45) is 0. The standard InChI is InChI=1S/C13H18N2OS/c1-8(2)12(16)15-13(17)14-11-7-5-6-9(3)10(11)4/h5-8H,1-4H3,(H2,14,15,16,17). The minimum Gasteiger partial charge on any atom is -0.332 e. The van der Waals surface area contributed by atoms with E-state index in [0.29, 0.717) is 5.11 Å². The average Bonchev–Trinajstić information content (AvgIpc) is 2.24. The summed E-state index contributed by atoms with van der Waals surface area (Å²) in [7, 11) is 0. The summed E-state index contributed by atoms with van der Waals surface area (Å²) in [6.45, 7) is 7.71. The van der Waals surface area contributed by atoms with Crippen LogP contribution in [0.15, 0.2) is 18.2 Å². The third-order valence-electron chi connectivity index (χ3n) is 2.61. The van der Waals surface area contributed by atoms with E-state index in [1.807, 2.05) is 45.9 Å². The lowest BCUT2D eigenvalue weighted by Gasteiger charge is -2.13. The molecule has 3 nitrogen and oxygen atoms in total. The summed E-state index contributed by atoms with van der Waals surface area (Å²) in [5.41, 5.74) is 3.25. The Morgan fingerprint density at radius 3 is 2.53 bits per heavy atom. The molecule has 0 aliphatic heterocycles. The van der Waals surface area contributed by atoms with Gasteiger partial charge in [-0.25, -0.2) is 0 Å². The monoisotopic (exact) mass is 250 g/mol. The van der Waals surface area contributed by atoms with Crippen LogP contribution < -0.4 is 10.6 Å². The van der Waals surface area contributed by atoms with E-state index in [2.05, 4.69) is 10.6 Å². The minimum absolute atomic E-state index is 0.0756. The predicted molar refractivity (Wildman–Crippen MR) is 75.1 cm³/mol. The molecule has 0 saturated heterocycles. The number of rotatable bonds is 2. The fraction of sp³-hybridized carbons (Fsp3) is 0.385. The molecule has 2 N–H and O–H groups in total. The van der Waals surface area contributed by atoms with E-state index in [-0.39, 0.29) is 11.8 Å². The summed E-state index contributed by atoms with van der Waals surface area (Å²) in [4.78, 5) is 11.5. The number of nitrogens with one attached hydrogen (secondary N) is 2. The molecule has 0 aliphatic carbocycles. The largest absolute Gasteiger partial charge is 0.332 e. The van der Waals surface area contributed by atoms with Crippen molar-refractivity contribution in [1.82, 2.24) is 5.32 Å². The van der Waals surface area contributed by atoms with Gasteiger partial charge in [-0.1, -0.05) is 26.0 Å². The van der Waals surface area contributed by atoms with Crippen molar-refractivity contribution < 1.29 is 4.79 Å². The van der Waals surface area contributed by atoms with Gasteiger partial charge in [0, 0.05) is 11.6 Å². The first kappa shape index (κ1) is 13.6. The average molecular weight is 250 g/mol. The highest BCUT2D eigenvalue weighted by atomic mass is 32.1. The maximum absolute atomic E-state index is 11.5. The number of hydrogen-bond acceptors (Lipinski definition) is 2. The van der Waals surface area contributed by atoms with Crippen LogP contribution in [0.4, 0.5) is 5.69 Å². The van der Waals surface area contributed by atoms with Crippen LogP contribution in [0, 0.1) is 19.8 Å². The maximum atomic E-state index is 11.5. The van der Waals surface area contributed by atoms with Crippen molar-refractivity contribution in [1.29, 1.82) is 0 Å². The van der Waals surface area contributed by atoms with Gasteiger partial charge in [0.1, 0.15) is 0 Å². The van der Waals surface area contributed by atoms with E-state index in [1.165, 1.54) is 5.56 Å². The molecule has 1 aromatic carbocycles. The molecule has 0 aliphatic rings. The second-order valence-electron chi connectivity index (χ2n) is 4.35. The Labute approximate surface area is 108 Å². The molecule has 1 amide bonds. The third kappa shape index (κ3) is 3.82. The number of amides is 1. The molecular weight excluding hydrogens is 232 g/mol. The Kier molecular flexibility index (Phi) is 4.63. The fourth-order valence-corrected chi connectivity index (χ4v) is 1.51. The van der Waals surface area contributed by atoms with E-state index < -0.39 is 0 Å². The molecule has 0 bridgehead atoms. The normalized spacial score (nSPS) is 10.2. The lowest BCUT2D eigenvalue weighted by molar-refractivity contribution is -0.122. The van der Waals surface area contributed by atoms with Crippen molar-refractivity contribution in [3.05, 3.63) is 29.3 Å². The first-order chi connectivity index (χ1) is 7.91. The third-order valence-corrected chi connectivity index (χ3v) is 2.82. The molecule has 0 saturated carbocycles. The van der Waals surface area contributed by atoms with Gasteiger partial charge in [0.15, 0.2) is 5.11 Å². The number of benzene rings is 1. The molecule has 92 valence electrons. The lowest BCUT2D eigenvalue weighted by Crippen LogP contribution is -2.36. The summed E-state index contributed by atoms with van der Waals surface area (Å²) in [5, 5.41) is 6.04. The van der Waals surface area contributed by atoms with Crippen molar-refractivity contribution >= 4 is 28.9 Å². The fourth-order valence-electron chi connectivity index (χ4n) is 1.30. The molecule has 0 atom stereocenters. The molecule has 0 fully saturated rings. The number of thiocarbonyl (C=S) groups is 1. The highest BCUT2D eigenvalue weighted by Crippen LogP contribution is 2.17. The zero-order valence-electron chi connectivity index (χ0n) is 10.6. The minimum atomic E-state index is -0.0761. The van der Waals surface area contributed by atoms with Gasteiger partial charge in [-0.05, 0) is 43.3 Å². The molecule has 0 heterocycles. The Morgan fingerprint density at radius 1 is 1.29 bits per heavy atom. The van der Waals surface area contributed by atoms with Crippen molar-refractivity contribution in [3.63, 3.8) is 0 Å². The second kappa shape index (κ2) is 5.77. The van der Waals surface area contributed by atoms with Gasteiger partial charge in [0.25, 0.3) is 0 Å². The Hall–Kier alpha value is -1.42. The van der Waals surface area contributed by atoms with Crippen molar-refractivity contribution in [2.45, 2.75) is 27.7 Å². The number of hydrogen-bond donors (Lipinski definition) is 2. The van der Waals surface area contributed by atoms with Gasteiger partial charge < -0.3 is 10.6 Å². The summed E-state index contributed by atoms with van der Waals surface area (Å²) in [6, 6.07) is 5.93. The maximum Gasteiger partial charge on any atom is 0.228 e. The topological polar surface area (TPSA) is 41.1 Å². The van der Waals surface area contributed by atoms with Crippen LogP contribution in [-0.4, -0.2) is 11.0 Å². The van der Waals surface area contributed by atoms with E-state index in [4.69, 9.17) is 12.2 Å². The van der Waals surface area contributed by atoms with Gasteiger partial charge in [-0.2, -0.15) is 0 Å². The van der Waals surface area contributed by atoms with Gasteiger partial charge in [0.2, 0.25) is 5.91 Å². The summed E-state index contributed by atoms with van der Waals surface area (Å²) in [5.74, 6) is -0.152. The number of carbonyl (C=O) groups is 1. The SMILES string of the molecule is Cc1cccc(NC(=S)NC(=O)C(C)C)c1C. The van der Waals surface area contributed by atoms with Gasteiger partial charge in [0.05, 0.1) is 0 Å². The highest BCUT2D eigenvalue weighted by molar-refractivity contribution is 7.80. The Bertz CT molecular complexity index is 441. The van der Waals surface area contributed by atoms with E-state index >= 15 is 0 Å². The summed E-state index contributed by atoms with van der Waals surface area (Å²) < 4.78 is 0. The van der Waals surface area contributed by atoms with E-state index in [9.17, 15) is 4.79 Å². The van der Waals surface area contributed by atoms with Gasteiger partial charge >= 0.3 is 0 Å². The van der Waals surface area contributed by atoms with E-state index in [0.717, 1.165) is 11.3 Å². The van der Waals surface area contributed by atoms with Gasteiger partial charge in [-0.3, -0.25) is 4.79 Å². The molecule has 0 radical (unpaired) electrons. The van der Waals surface area contributed by atoms with Crippen molar-refractivity contribution in [2.24, 2.45) is 5.92 Å². The number of carbonyl (C=O) groups excluding carboxylic acids is 1. The van der Waals surface area contributed by atoms with Gasteiger partial charge in [-0.15, -0.1) is 0 Å². The number of aryl methyl sites for hydroxylation is 1. The van der Waals surface area contributed by atoms with Crippen molar-refractivity contribution in [3.8, 4) is 0 Å². The Balaban J connectivity index is 2.69. The van der Waals surface area contributed by atoms with Crippen LogP contribution in [-0.2, 0) is 4.79 Å². The first-order valence-electron chi connectivity index (χ1n) is 5.60. The zero-order chi connectivity index (χ0) is 13.0. The molecule has 1 aromatic rings. The lowest BCUT2D eigenvalue weighted by atomic mass is 10.1. The summed E-state index contributed by atoms with van der Waals surface area (Å²) >= 11 is 5.09. The van der Waals surface area contributed by atoms with Crippen LogP contribution >= 0.6 is 12.2 Å². The number of anilines is 1. The molecule has 0 unspecified atom stereocenters. The zero-order valence-corrected chi connectivity index (χ0v) is 11.4. The van der Waals surface area contributed by atoms with Crippen LogP contribution in [0.1, 0.15) is 25.0 Å². The first-order valence-corrected chi connectivity index (χ1v) is 6.00. The molecule has 17 heavy (non-hydrogen) atoms. The Morgan fingerprint density at radius 2 is 1.94 bits per heavy atom. The van der Waals surface area contributed by atoms with Crippen LogP contribution in [0.2, 0.25) is 0 Å². The molecule has 4 heteroatoms. The van der Waals surface area contributed by atoms with Crippen LogP contribution in [0.3, 0.4) is 0 Å². The van der Waals surface area contributed by atoms with Crippen LogP contribution in [0.5, 0.6) is 0 Å². The van der Waals surface area contributed by atoms with Crippen LogP contribution in [0.25, 0.3) is 0 Å². The quantitative estimate of drug-likeness (QED) is 0.793. The predicted octanol–water partition coefficient (Wildman–Crippen LogP) is 2.77. The second-order valence-corrected chi connectivity index (χ2v) is 4.75. The smallest absolute Gasteiger partial charge is 0.228 e. The molecular formula is C13H18N2OS. The van der Waals surface area contributed by atoms with Crippen molar-refractivity contribution in [2.75, 3.05) is 5.32 Å². The van der Waals surface area contributed by atoms with E-state index in [1.54, 1.807) is 0 Å².